The summed E-state index contributed by atoms with van der Waals surface area (Å²) in [5.74, 6) is -0.394. The molecular weight excluding hydrogens is 238 g/mol. The molecule has 0 unspecified atom stereocenters. The lowest BCUT2D eigenvalue weighted by Gasteiger charge is -2.06. The number of rotatable bonds is 5. The first-order chi connectivity index (χ1) is 7.22. The van der Waals surface area contributed by atoms with Gasteiger partial charge >= 0.3 is 16.4 Å². The largest absolute Gasteiger partial charge is 0.466 e. The van der Waals surface area contributed by atoms with Crippen molar-refractivity contribution in [2.45, 2.75) is 0 Å². The second kappa shape index (κ2) is 9.28. The molecule has 0 aromatic rings. The molecule has 0 saturated heterocycles. The molecule has 0 rings (SSSR count). The lowest BCUT2D eigenvalue weighted by atomic mass is 10.6. The van der Waals surface area contributed by atoms with Gasteiger partial charge in [0, 0.05) is 12.6 Å². The number of hydrogen-bond acceptors (Lipinski definition) is 6. The molecule has 96 valence electrons. The minimum absolute atomic E-state index is 0.0220. The Bertz CT molecular complexity index is 298. The summed E-state index contributed by atoms with van der Waals surface area (Å²) in [7, 11) is 0.605. The molecule has 8 heteroatoms. The van der Waals surface area contributed by atoms with Crippen LogP contribution in [0.2, 0.25) is 0 Å². The molecule has 0 aromatic carbocycles. The SMILES string of the molecule is C=CC(=O)OC.CN(C)CCOS(=O)(=O)O. The lowest BCUT2D eigenvalue weighted by Crippen LogP contribution is -2.19. The highest BCUT2D eigenvalue weighted by atomic mass is 32.3. The van der Waals surface area contributed by atoms with Gasteiger partial charge in [0.05, 0.1) is 13.7 Å². The third-order valence-corrected chi connectivity index (χ3v) is 1.60. The van der Waals surface area contributed by atoms with Crippen molar-refractivity contribution in [1.29, 1.82) is 0 Å². The average molecular weight is 255 g/mol. The first-order valence-electron chi connectivity index (χ1n) is 4.20. The van der Waals surface area contributed by atoms with E-state index in [-0.39, 0.29) is 6.61 Å². The molecule has 0 amide bonds. The fourth-order valence-corrected chi connectivity index (χ4v) is 0.694. The number of ether oxygens (including phenoxy) is 1. The summed E-state index contributed by atoms with van der Waals surface area (Å²) in [6.45, 7) is 3.59. The highest BCUT2D eigenvalue weighted by Crippen LogP contribution is 1.85. The summed E-state index contributed by atoms with van der Waals surface area (Å²) in [5.41, 5.74) is 0. The molecule has 0 heterocycles. The molecule has 0 aliphatic rings. The smallest absolute Gasteiger partial charge is 0.397 e. The number of esters is 1. The predicted molar refractivity (Wildman–Crippen MR) is 58.3 cm³/mol. The number of carbonyl (C=O) groups excluding carboxylic acids is 1. The third kappa shape index (κ3) is 18.8. The van der Waals surface area contributed by atoms with E-state index in [1.807, 2.05) is 0 Å². The minimum Gasteiger partial charge on any atom is -0.466 e. The van der Waals surface area contributed by atoms with E-state index in [0.29, 0.717) is 6.54 Å². The lowest BCUT2D eigenvalue weighted by molar-refractivity contribution is -0.134. The zero-order chi connectivity index (χ0) is 13.2. The van der Waals surface area contributed by atoms with E-state index >= 15 is 0 Å². The van der Waals surface area contributed by atoms with Crippen LogP contribution in [0.1, 0.15) is 0 Å². The van der Waals surface area contributed by atoms with Crippen LogP contribution in [0.4, 0.5) is 0 Å². The maximum absolute atomic E-state index is 9.93. The average Bonchev–Trinajstić information content (AvgIpc) is 2.15. The van der Waals surface area contributed by atoms with Gasteiger partial charge in [-0.3, -0.25) is 4.55 Å². The molecule has 0 spiro atoms. The van der Waals surface area contributed by atoms with Gasteiger partial charge in [0.2, 0.25) is 0 Å². The number of methoxy groups -OCH3 is 1. The zero-order valence-electron chi connectivity index (χ0n) is 9.54. The quantitative estimate of drug-likeness (QED) is 0.410. The van der Waals surface area contributed by atoms with Crippen LogP contribution in [0, 0.1) is 0 Å². The second-order valence-corrected chi connectivity index (χ2v) is 3.87. The van der Waals surface area contributed by atoms with Gasteiger partial charge in [-0.15, -0.1) is 0 Å². The van der Waals surface area contributed by atoms with Crippen LogP contribution < -0.4 is 0 Å². The van der Waals surface area contributed by atoms with Crippen molar-refractivity contribution >= 4 is 16.4 Å². The van der Waals surface area contributed by atoms with Crippen molar-refractivity contribution in [3.8, 4) is 0 Å². The van der Waals surface area contributed by atoms with Crippen LogP contribution in [-0.4, -0.2) is 58.2 Å². The Morgan fingerprint density at radius 3 is 2.19 bits per heavy atom. The van der Waals surface area contributed by atoms with Gasteiger partial charge in [0.15, 0.2) is 0 Å². The number of nitrogens with zero attached hydrogens (tertiary/aromatic N) is 1. The van der Waals surface area contributed by atoms with Crippen molar-refractivity contribution in [2.24, 2.45) is 0 Å². The van der Waals surface area contributed by atoms with Crippen LogP contribution in [-0.2, 0) is 24.1 Å². The maximum Gasteiger partial charge on any atom is 0.397 e. The van der Waals surface area contributed by atoms with Crippen molar-refractivity contribution in [3.05, 3.63) is 12.7 Å². The van der Waals surface area contributed by atoms with Crippen LogP contribution in [0.3, 0.4) is 0 Å². The summed E-state index contributed by atoms with van der Waals surface area (Å²) >= 11 is 0. The summed E-state index contributed by atoms with van der Waals surface area (Å²) in [5, 5.41) is 0. The Balaban J connectivity index is 0. The topological polar surface area (TPSA) is 93.1 Å². The highest BCUT2D eigenvalue weighted by molar-refractivity contribution is 7.80. The van der Waals surface area contributed by atoms with Gasteiger partial charge in [-0.1, -0.05) is 6.58 Å². The summed E-state index contributed by atoms with van der Waals surface area (Å²) in [6, 6.07) is 0. The monoisotopic (exact) mass is 255 g/mol. The van der Waals surface area contributed by atoms with Gasteiger partial charge in [-0.05, 0) is 14.1 Å². The Morgan fingerprint density at radius 2 is 2.00 bits per heavy atom. The molecule has 1 N–H and O–H groups in total. The molecule has 0 fully saturated rings. The normalized spacial score (nSPS) is 10.3. The molecule has 0 bridgehead atoms. The van der Waals surface area contributed by atoms with Gasteiger partial charge in [-0.2, -0.15) is 8.42 Å². The van der Waals surface area contributed by atoms with E-state index in [1.54, 1.807) is 19.0 Å². The maximum atomic E-state index is 9.93. The molecule has 0 saturated carbocycles. The van der Waals surface area contributed by atoms with E-state index in [2.05, 4.69) is 15.5 Å². The Kier molecular flexibility index (Phi) is 10.1. The highest BCUT2D eigenvalue weighted by Gasteiger charge is 2.02. The van der Waals surface area contributed by atoms with E-state index < -0.39 is 16.4 Å². The van der Waals surface area contributed by atoms with Crippen molar-refractivity contribution in [1.82, 2.24) is 4.90 Å². The molecule has 0 aliphatic heterocycles. The van der Waals surface area contributed by atoms with Gasteiger partial charge < -0.3 is 9.64 Å². The van der Waals surface area contributed by atoms with Gasteiger partial charge in [0.1, 0.15) is 0 Å². The molecule has 0 atom stereocenters. The molecule has 7 nitrogen and oxygen atoms in total. The van der Waals surface area contributed by atoms with Crippen molar-refractivity contribution in [3.63, 3.8) is 0 Å². The molecule has 0 aromatic heterocycles. The van der Waals surface area contributed by atoms with Crippen molar-refractivity contribution < 1.29 is 26.7 Å². The number of carbonyl (C=O) groups is 1. The van der Waals surface area contributed by atoms with Gasteiger partial charge in [0.25, 0.3) is 0 Å². The van der Waals surface area contributed by atoms with E-state index in [4.69, 9.17) is 4.55 Å². The van der Waals surface area contributed by atoms with E-state index in [1.165, 1.54) is 7.11 Å². The Hall–Kier alpha value is -0.960. The summed E-state index contributed by atoms with van der Waals surface area (Å²) in [6.07, 6.45) is 1.11. The fraction of sp³-hybridized carbons (Fsp3) is 0.625. The first kappa shape index (κ1) is 17.4. The second-order valence-electron chi connectivity index (χ2n) is 2.78. The first-order valence-corrected chi connectivity index (χ1v) is 5.56. The Morgan fingerprint density at radius 1 is 1.50 bits per heavy atom. The van der Waals surface area contributed by atoms with Gasteiger partial charge in [-0.25, -0.2) is 8.98 Å². The predicted octanol–water partition coefficient (Wildman–Crippen LogP) is -0.287. The third-order valence-electron chi connectivity index (χ3n) is 1.14. The summed E-state index contributed by atoms with van der Waals surface area (Å²) in [4.78, 5) is 11.6. The molecule has 0 radical (unpaired) electrons. The molecular formula is C8H17NO6S. The van der Waals surface area contributed by atoms with Crippen molar-refractivity contribution in [2.75, 3.05) is 34.4 Å². The van der Waals surface area contributed by atoms with E-state index in [9.17, 15) is 13.2 Å². The minimum atomic E-state index is -4.25. The molecule has 16 heavy (non-hydrogen) atoms. The van der Waals surface area contributed by atoms with E-state index in [0.717, 1.165) is 6.08 Å². The van der Waals surface area contributed by atoms with Crippen LogP contribution in [0.5, 0.6) is 0 Å². The number of hydrogen-bond donors (Lipinski definition) is 1. The fourth-order valence-electron chi connectivity index (χ4n) is 0.408. The number of likely N-dealkylation sites (N-methyl/N-ethyl adjacent to an activating group) is 1. The standard InChI is InChI=1S/C4H11NO4S.C4H6O2/c1-5(2)3-4-9-10(6,7)8;1-3-4(5)6-2/h3-4H2,1-2H3,(H,6,7,8);3H,1H2,2H3. The van der Waals surface area contributed by atoms with Crippen LogP contribution in [0.15, 0.2) is 12.7 Å². The van der Waals surface area contributed by atoms with Crippen LogP contribution >= 0.6 is 0 Å². The van der Waals surface area contributed by atoms with Crippen LogP contribution in [0.25, 0.3) is 0 Å². The zero-order valence-corrected chi connectivity index (χ0v) is 10.4. The summed E-state index contributed by atoms with van der Waals surface area (Å²) < 4.78 is 36.1. The molecule has 0 aliphatic carbocycles. The Labute approximate surface area is 95.6 Å².